The molecule has 0 atom stereocenters. The summed E-state index contributed by atoms with van der Waals surface area (Å²) in [6.45, 7) is 38.0. The Labute approximate surface area is 359 Å². The summed E-state index contributed by atoms with van der Waals surface area (Å²) < 4.78 is 16.0. The SMILES string of the molecule is CCCOc1c(C(C)C)cc(Cn2c(=O)n(Cc3cc(C(C)(C)C)c(O)c(C(C)(C)C)c3)c(=O)n(Cc3cc(C(C)(C)C)c(OC)c(C(C)(C)C)c3)c2=O)cc1C(C)(C)C. The molecule has 0 bridgehead atoms. The summed E-state index contributed by atoms with van der Waals surface area (Å²) in [5.74, 6) is 1.94. The molecule has 1 heterocycles. The lowest BCUT2D eigenvalue weighted by Crippen LogP contribution is -2.55. The highest BCUT2D eigenvalue weighted by molar-refractivity contribution is 5.52. The molecule has 0 unspecified atom stereocenters. The summed E-state index contributed by atoms with van der Waals surface area (Å²) in [6.07, 6.45) is 0.859. The van der Waals surface area contributed by atoms with Crippen LogP contribution in [0.3, 0.4) is 0 Å². The highest BCUT2D eigenvalue weighted by Crippen LogP contribution is 2.42. The summed E-state index contributed by atoms with van der Waals surface area (Å²) in [5.41, 5.74) is 3.70. The van der Waals surface area contributed by atoms with Crippen LogP contribution in [-0.4, -0.2) is 32.5 Å². The molecule has 60 heavy (non-hydrogen) atoms. The first-order chi connectivity index (χ1) is 27.3. The van der Waals surface area contributed by atoms with E-state index in [1.807, 2.05) is 77.9 Å². The van der Waals surface area contributed by atoms with Crippen molar-refractivity contribution in [1.82, 2.24) is 13.7 Å². The van der Waals surface area contributed by atoms with Crippen molar-refractivity contribution in [3.63, 3.8) is 0 Å². The second kappa shape index (κ2) is 17.1. The monoisotopic (exact) mass is 826 g/mol. The number of benzene rings is 3. The molecule has 0 aliphatic rings. The predicted octanol–water partition coefficient (Wildman–Crippen LogP) is 10.4. The lowest BCUT2D eigenvalue weighted by Gasteiger charge is -2.30. The van der Waals surface area contributed by atoms with Crippen LogP contribution in [-0.2, 0) is 46.7 Å². The second-order valence-corrected chi connectivity index (χ2v) is 22.2. The Morgan fingerprint density at radius 2 is 0.817 bits per heavy atom. The van der Waals surface area contributed by atoms with E-state index < -0.39 is 27.9 Å². The van der Waals surface area contributed by atoms with Gasteiger partial charge in [0.05, 0.1) is 33.4 Å². The van der Waals surface area contributed by atoms with Crippen LogP contribution in [0, 0.1) is 0 Å². The predicted molar refractivity (Wildman–Crippen MR) is 247 cm³/mol. The van der Waals surface area contributed by atoms with E-state index in [1.54, 1.807) is 7.11 Å². The van der Waals surface area contributed by atoms with Crippen molar-refractivity contribution in [2.24, 2.45) is 0 Å². The smallest absolute Gasteiger partial charge is 0.336 e. The van der Waals surface area contributed by atoms with Crippen LogP contribution in [0.25, 0.3) is 0 Å². The van der Waals surface area contributed by atoms with Gasteiger partial charge >= 0.3 is 17.1 Å². The van der Waals surface area contributed by atoms with Crippen molar-refractivity contribution < 1.29 is 14.6 Å². The zero-order valence-corrected chi connectivity index (χ0v) is 40.4. The zero-order chi connectivity index (χ0) is 45.7. The van der Waals surface area contributed by atoms with E-state index in [9.17, 15) is 19.5 Å². The third-order valence-electron chi connectivity index (χ3n) is 11.2. The largest absolute Gasteiger partial charge is 0.507 e. The minimum Gasteiger partial charge on any atom is -0.507 e. The van der Waals surface area contributed by atoms with Gasteiger partial charge in [0, 0.05) is 16.7 Å². The molecule has 1 N–H and O–H groups in total. The van der Waals surface area contributed by atoms with Gasteiger partial charge in [-0.3, -0.25) is 0 Å². The number of phenolic OH excluding ortho intramolecular Hbond substituents is 1. The molecule has 0 aliphatic heterocycles. The van der Waals surface area contributed by atoms with Crippen molar-refractivity contribution in [2.75, 3.05) is 13.7 Å². The maximum Gasteiger partial charge on any atom is 0.336 e. The maximum absolute atomic E-state index is 14.9. The fourth-order valence-corrected chi connectivity index (χ4v) is 7.83. The van der Waals surface area contributed by atoms with Crippen LogP contribution < -0.4 is 26.5 Å². The zero-order valence-electron chi connectivity index (χ0n) is 40.4. The number of rotatable bonds is 11. The Kier molecular flexibility index (Phi) is 13.7. The van der Waals surface area contributed by atoms with Crippen LogP contribution in [0.1, 0.15) is 187 Å². The van der Waals surface area contributed by atoms with E-state index in [1.165, 1.54) is 13.7 Å². The van der Waals surface area contributed by atoms with Crippen molar-refractivity contribution in [1.29, 1.82) is 0 Å². The first-order valence-corrected chi connectivity index (χ1v) is 21.7. The van der Waals surface area contributed by atoms with E-state index in [0.29, 0.717) is 12.2 Å². The number of aromatic hydroxyl groups is 1. The van der Waals surface area contributed by atoms with Crippen LogP contribution in [0.2, 0.25) is 0 Å². The topological polar surface area (TPSA) is 105 Å². The molecule has 4 aromatic rings. The Morgan fingerprint density at radius 1 is 0.517 bits per heavy atom. The number of hydrogen-bond acceptors (Lipinski definition) is 6. The molecule has 0 fully saturated rings. The molecule has 9 heteroatoms. The van der Waals surface area contributed by atoms with Crippen molar-refractivity contribution in [2.45, 2.75) is 184 Å². The van der Waals surface area contributed by atoms with Gasteiger partial charge in [0.25, 0.3) is 0 Å². The van der Waals surface area contributed by atoms with Gasteiger partial charge in [-0.15, -0.1) is 0 Å². The average molecular weight is 826 g/mol. The molecule has 0 spiro atoms. The van der Waals surface area contributed by atoms with Gasteiger partial charge in [0.1, 0.15) is 17.2 Å². The third-order valence-corrected chi connectivity index (χ3v) is 11.2. The second-order valence-electron chi connectivity index (χ2n) is 22.2. The minimum absolute atomic E-state index is 0.0477. The first-order valence-electron chi connectivity index (χ1n) is 21.7. The minimum atomic E-state index is -0.698. The number of phenols is 1. The lowest BCUT2D eigenvalue weighted by molar-refractivity contribution is 0.304. The molecule has 1 aromatic heterocycles. The molecule has 0 saturated carbocycles. The van der Waals surface area contributed by atoms with Crippen molar-refractivity contribution >= 4 is 0 Å². The van der Waals surface area contributed by atoms with Crippen LogP contribution in [0.5, 0.6) is 17.2 Å². The molecular weight excluding hydrogens is 751 g/mol. The van der Waals surface area contributed by atoms with Gasteiger partial charge in [-0.2, -0.15) is 0 Å². The molecule has 0 amide bonds. The number of nitrogens with zero attached hydrogens (tertiary/aromatic N) is 3. The summed E-state index contributed by atoms with van der Waals surface area (Å²) in [4.78, 5) is 44.5. The summed E-state index contributed by atoms with van der Waals surface area (Å²) in [5, 5.41) is 11.5. The number of ether oxygens (including phenoxy) is 2. The molecule has 4 rings (SSSR count). The standard InChI is InChI=1S/C51H75N3O6/c1-20-21-60-42-35(31(2)3)22-32(25-38(42)49(10,11)12)28-52-44(56)53(29-33-23-36(47(4,5)6)41(55)37(24-33)48(7,8)9)46(58)54(45(52)57)30-34-26-39(50(13,14)15)43(59-19)40(27-34)51(16,17)18/h22-27,31,55H,20-21,28-30H2,1-19H3. The molecule has 0 aliphatic carbocycles. The Hall–Kier alpha value is -4.53. The van der Waals surface area contributed by atoms with E-state index >= 15 is 0 Å². The third kappa shape index (κ3) is 10.3. The molecule has 0 saturated heterocycles. The van der Waals surface area contributed by atoms with Crippen molar-refractivity contribution in [3.05, 3.63) is 118 Å². The lowest BCUT2D eigenvalue weighted by atomic mass is 9.78. The summed E-state index contributed by atoms with van der Waals surface area (Å²) >= 11 is 0. The molecule has 330 valence electrons. The number of hydrogen-bond donors (Lipinski definition) is 1. The first kappa shape index (κ1) is 48.1. The summed E-state index contributed by atoms with van der Waals surface area (Å²) in [7, 11) is 1.68. The van der Waals surface area contributed by atoms with Crippen LogP contribution in [0.4, 0.5) is 0 Å². The van der Waals surface area contributed by atoms with E-state index in [4.69, 9.17) is 9.47 Å². The van der Waals surface area contributed by atoms with Gasteiger partial charge in [-0.25, -0.2) is 28.1 Å². The van der Waals surface area contributed by atoms with E-state index in [-0.39, 0.29) is 47.5 Å². The highest BCUT2D eigenvalue weighted by atomic mass is 16.5. The normalized spacial score (nSPS) is 13.0. The fourth-order valence-electron chi connectivity index (χ4n) is 7.83. The highest BCUT2D eigenvalue weighted by Gasteiger charge is 2.31. The Morgan fingerprint density at radius 3 is 1.10 bits per heavy atom. The van der Waals surface area contributed by atoms with Gasteiger partial charge in [0.15, 0.2) is 0 Å². The maximum atomic E-state index is 14.9. The molecular formula is C51H75N3O6. The van der Waals surface area contributed by atoms with Crippen LogP contribution in [0.15, 0.2) is 50.8 Å². The van der Waals surface area contributed by atoms with E-state index in [2.05, 4.69) is 83.1 Å². The Bertz CT molecular complexity index is 2320. The molecule has 9 nitrogen and oxygen atoms in total. The molecule has 3 aromatic carbocycles. The fraction of sp³-hybridized carbons (Fsp3) is 0.588. The number of methoxy groups -OCH3 is 1. The van der Waals surface area contributed by atoms with Gasteiger partial charge < -0.3 is 14.6 Å². The van der Waals surface area contributed by atoms with Gasteiger partial charge in [0.2, 0.25) is 0 Å². The molecule has 0 radical (unpaired) electrons. The quantitative estimate of drug-likeness (QED) is 0.162. The van der Waals surface area contributed by atoms with E-state index in [0.717, 1.165) is 62.4 Å². The Balaban J connectivity index is 2.12. The number of aromatic nitrogens is 3. The summed E-state index contributed by atoms with van der Waals surface area (Å²) in [6, 6.07) is 11.9. The van der Waals surface area contributed by atoms with Crippen LogP contribution >= 0.6 is 0 Å². The van der Waals surface area contributed by atoms with Gasteiger partial charge in [-0.1, -0.05) is 131 Å². The van der Waals surface area contributed by atoms with Crippen molar-refractivity contribution in [3.8, 4) is 17.2 Å². The van der Waals surface area contributed by atoms with Gasteiger partial charge in [-0.05, 0) is 103 Å². The average Bonchev–Trinajstić information content (AvgIpc) is 3.10.